The third-order valence-electron chi connectivity index (χ3n) is 3.55. The average molecular weight is 294 g/mol. The number of nitrogens with zero attached hydrogens (tertiary/aromatic N) is 4. The van der Waals surface area contributed by atoms with E-state index in [0.29, 0.717) is 16.6 Å². The highest BCUT2D eigenvalue weighted by Crippen LogP contribution is 2.29. The topological polar surface area (TPSA) is 108 Å². The third-order valence-corrected chi connectivity index (χ3v) is 3.55. The van der Waals surface area contributed by atoms with E-state index >= 15 is 0 Å². The molecule has 1 aliphatic heterocycles. The molecule has 0 saturated carbocycles. The van der Waals surface area contributed by atoms with Gasteiger partial charge in [0.05, 0.1) is 33.3 Å². The second kappa shape index (κ2) is 4.04. The molecule has 8 heteroatoms. The highest BCUT2D eigenvalue weighted by Gasteiger charge is 2.31. The lowest BCUT2D eigenvalue weighted by molar-refractivity contribution is -0.384. The first-order chi connectivity index (χ1) is 10.6. The molecule has 0 aliphatic carbocycles. The van der Waals surface area contributed by atoms with Crippen molar-refractivity contribution in [3.8, 4) is 5.69 Å². The van der Waals surface area contributed by atoms with Crippen LogP contribution in [0.2, 0.25) is 0 Å². The highest BCUT2D eigenvalue weighted by molar-refractivity contribution is 6.13. The van der Waals surface area contributed by atoms with Crippen LogP contribution in [0.25, 0.3) is 16.6 Å². The monoisotopic (exact) mass is 294 g/mol. The molecule has 0 amide bonds. The zero-order chi connectivity index (χ0) is 15.4. The van der Waals surface area contributed by atoms with Gasteiger partial charge in [-0.3, -0.25) is 29.3 Å². The van der Waals surface area contributed by atoms with Crippen molar-refractivity contribution in [3.05, 3.63) is 68.5 Å². The number of rotatable bonds is 1. The van der Waals surface area contributed by atoms with E-state index in [9.17, 15) is 19.7 Å². The lowest BCUT2D eigenvalue weighted by Gasteiger charge is -2.04. The molecule has 1 aromatic carbocycles. The standard InChI is InChI=1S/C14H6N4O4/c19-12-9-5-7(18(21)22)1-2-11(9)17-13(12)16-10-6-15-4-3-8(10)14(17)20/h1-6H. The molecule has 3 aromatic rings. The largest absolute Gasteiger partial charge is 0.285 e. The van der Waals surface area contributed by atoms with Crippen LogP contribution in [0.3, 0.4) is 0 Å². The summed E-state index contributed by atoms with van der Waals surface area (Å²) >= 11 is 0. The second-order valence-corrected chi connectivity index (χ2v) is 4.76. The Morgan fingerprint density at radius 3 is 2.77 bits per heavy atom. The van der Waals surface area contributed by atoms with Gasteiger partial charge in [-0.1, -0.05) is 0 Å². The Morgan fingerprint density at radius 2 is 2.00 bits per heavy atom. The highest BCUT2D eigenvalue weighted by atomic mass is 16.6. The number of hydrogen-bond donors (Lipinski definition) is 0. The Hall–Kier alpha value is -3.42. The van der Waals surface area contributed by atoms with Gasteiger partial charge in [-0.25, -0.2) is 4.98 Å². The summed E-state index contributed by atoms with van der Waals surface area (Å²) < 4.78 is 1.18. The van der Waals surface area contributed by atoms with Gasteiger partial charge in [0, 0.05) is 18.3 Å². The van der Waals surface area contributed by atoms with Crippen LogP contribution in [0.4, 0.5) is 5.69 Å². The molecule has 0 bridgehead atoms. The number of non-ortho nitro benzene ring substituents is 1. The molecule has 0 fully saturated rings. The van der Waals surface area contributed by atoms with Crippen LogP contribution in [0, 0.1) is 10.1 Å². The quantitative estimate of drug-likeness (QED) is 0.386. The number of nitro groups is 1. The fraction of sp³-hybridized carbons (Fsp3) is 0. The van der Waals surface area contributed by atoms with Gasteiger partial charge in [0.25, 0.3) is 11.2 Å². The van der Waals surface area contributed by atoms with E-state index in [1.165, 1.54) is 35.2 Å². The van der Waals surface area contributed by atoms with E-state index in [-0.39, 0.29) is 17.1 Å². The summed E-state index contributed by atoms with van der Waals surface area (Å²) in [6, 6.07) is 5.32. The number of ketones is 1. The number of nitro benzene ring substituents is 1. The van der Waals surface area contributed by atoms with Crippen molar-refractivity contribution in [1.82, 2.24) is 14.5 Å². The van der Waals surface area contributed by atoms with Gasteiger partial charge in [0.1, 0.15) is 0 Å². The van der Waals surface area contributed by atoms with Crippen molar-refractivity contribution in [2.75, 3.05) is 0 Å². The summed E-state index contributed by atoms with van der Waals surface area (Å²) in [6.07, 6.45) is 2.86. The molecule has 8 nitrogen and oxygen atoms in total. The number of aromatic nitrogens is 3. The summed E-state index contributed by atoms with van der Waals surface area (Å²) in [5.74, 6) is -0.567. The molecule has 0 radical (unpaired) electrons. The van der Waals surface area contributed by atoms with Crippen molar-refractivity contribution in [3.63, 3.8) is 0 Å². The smallest absolute Gasteiger partial charge is 0.270 e. The van der Waals surface area contributed by atoms with E-state index in [2.05, 4.69) is 9.97 Å². The van der Waals surface area contributed by atoms with Crippen molar-refractivity contribution >= 4 is 22.4 Å². The second-order valence-electron chi connectivity index (χ2n) is 4.76. The Bertz CT molecular complexity index is 1050. The summed E-state index contributed by atoms with van der Waals surface area (Å²) in [7, 11) is 0. The van der Waals surface area contributed by atoms with Crippen LogP contribution >= 0.6 is 0 Å². The molecule has 22 heavy (non-hydrogen) atoms. The van der Waals surface area contributed by atoms with Crippen molar-refractivity contribution in [1.29, 1.82) is 0 Å². The molecular formula is C14H6N4O4. The van der Waals surface area contributed by atoms with E-state index in [1.807, 2.05) is 0 Å². The fourth-order valence-electron chi connectivity index (χ4n) is 2.55. The first-order valence-corrected chi connectivity index (χ1v) is 6.28. The van der Waals surface area contributed by atoms with Gasteiger partial charge >= 0.3 is 0 Å². The molecule has 1 aliphatic rings. The minimum absolute atomic E-state index is 0.0546. The maximum absolute atomic E-state index is 12.6. The molecule has 0 spiro atoms. The number of carbonyl (C=O) groups excluding carboxylic acids is 1. The molecule has 2 aromatic heterocycles. The van der Waals surface area contributed by atoms with E-state index in [4.69, 9.17) is 0 Å². The van der Waals surface area contributed by atoms with Gasteiger partial charge in [-0.05, 0) is 12.1 Å². The fourth-order valence-corrected chi connectivity index (χ4v) is 2.55. The zero-order valence-corrected chi connectivity index (χ0v) is 10.9. The minimum Gasteiger partial charge on any atom is -0.285 e. The summed E-state index contributed by atoms with van der Waals surface area (Å²) in [4.78, 5) is 43.2. The molecule has 106 valence electrons. The zero-order valence-electron chi connectivity index (χ0n) is 10.9. The third kappa shape index (κ3) is 1.46. The number of pyridine rings is 1. The maximum Gasteiger partial charge on any atom is 0.270 e. The molecular weight excluding hydrogens is 288 g/mol. The van der Waals surface area contributed by atoms with Gasteiger partial charge in [-0.2, -0.15) is 0 Å². The van der Waals surface area contributed by atoms with Gasteiger partial charge in [-0.15, -0.1) is 0 Å². The van der Waals surface area contributed by atoms with E-state index in [0.717, 1.165) is 6.07 Å². The molecule has 0 N–H and O–H groups in total. The van der Waals surface area contributed by atoms with Crippen LogP contribution in [-0.2, 0) is 0 Å². The van der Waals surface area contributed by atoms with Gasteiger partial charge in [0.2, 0.25) is 5.78 Å². The summed E-state index contributed by atoms with van der Waals surface area (Å²) in [5.41, 5.74) is 0.112. The van der Waals surface area contributed by atoms with Crippen LogP contribution in [-0.4, -0.2) is 25.2 Å². The minimum atomic E-state index is -0.590. The Kier molecular flexibility index (Phi) is 2.27. The molecule has 4 rings (SSSR count). The van der Waals surface area contributed by atoms with Gasteiger partial charge < -0.3 is 0 Å². The van der Waals surface area contributed by atoms with Crippen molar-refractivity contribution < 1.29 is 9.72 Å². The van der Waals surface area contributed by atoms with Crippen molar-refractivity contribution in [2.24, 2.45) is 0 Å². The van der Waals surface area contributed by atoms with Crippen LogP contribution in [0.5, 0.6) is 0 Å². The van der Waals surface area contributed by atoms with E-state index < -0.39 is 16.3 Å². The van der Waals surface area contributed by atoms with Crippen LogP contribution in [0.15, 0.2) is 41.5 Å². The number of benzene rings is 1. The van der Waals surface area contributed by atoms with Crippen LogP contribution in [0.1, 0.15) is 16.2 Å². The lowest BCUT2D eigenvalue weighted by atomic mass is 10.1. The Balaban J connectivity index is 2.10. The van der Waals surface area contributed by atoms with Gasteiger partial charge in [0.15, 0.2) is 5.82 Å². The molecule has 3 heterocycles. The number of carbonyl (C=O) groups is 1. The molecule has 0 unspecified atom stereocenters. The summed E-state index contributed by atoms with van der Waals surface area (Å²) in [5, 5.41) is 11.2. The predicted molar refractivity (Wildman–Crippen MR) is 75.2 cm³/mol. The average Bonchev–Trinajstić information content (AvgIpc) is 2.80. The lowest BCUT2D eigenvalue weighted by Crippen LogP contribution is -2.21. The number of hydrogen-bond acceptors (Lipinski definition) is 6. The normalized spacial score (nSPS) is 12.3. The molecule has 0 atom stereocenters. The summed E-state index contributed by atoms with van der Waals surface area (Å²) in [6.45, 7) is 0. The maximum atomic E-state index is 12.6. The van der Waals surface area contributed by atoms with Crippen molar-refractivity contribution in [2.45, 2.75) is 0 Å². The Labute approximate surface area is 121 Å². The van der Waals surface area contributed by atoms with Crippen LogP contribution < -0.4 is 5.56 Å². The first-order valence-electron chi connectivity index (χ1n) is 6.28. The Morgan fingerprint density at radius 1 is 1.18 bits per heavy atom. The van der Waals surface area contributed by atoms with E-state index in [1.54, 1.807) is 0 Å². The SMILES string of the molecule is O=C1c2cc([N+](=O)[O-])ccc2-n2c1nc1cnccc1c2=O. The predicted octanol–water partition coefficient (Wildman–Crippen LogP) is 1.23. The molecule has 0 saturated heterocycles. The first kappa shape index (κ1) is 12.3. The number of fused-ring (bicyclic) bond motifs is 4.